The molecule has 0 bridgehead atoms. The Labute approximate surface area is 127 Å². The smallest absolute Gasteiger partial charge is 0.253 e. The summed E-state index contributed by atoms with van der Waals surface area (Å²) in [6, 6.07) is 9.05. The van der Waals surface area contributed by atoms with E-state index in [1.165, 1.54) is 32.4 Å². The lowest BCUT2D eigenvalue weighted by Gasteiger charge is -2.29. The first-order valence-corrected chi connectivity index (χ1v) is 7.90. The van der Waals surface area contributed by atoms with Crippen molar-refractivity contribution < 1.29 is 9.90 Å². The van der Waals surface area contributed by atoms with E-state index in [9.17, 15) is 9.90 Å². The van der Waals surface area contributed by atoms with Gasteiger partial charge in [-0.1, -0.05) is 43.7 Å². The van der Waals surface area contributed by atoms with E-state index in [0.717, 1.165) is 6.54 Å². The summed E-state index contributed by atoms with van der Waals surface area (Å²) in [4.78, 5) is 14.4. The molecule has 2 N–H and O–H groups in total. The molecule has 1 saturated heterocycles. The molecule has 2 atom stereocenters. The molecular formula is C17H26N2O2. The van der Waals surface area contributed by atoms with Gasteiger partial charge < -0.3 is 15.3 Å². The summed E-state index contributed by atoms with van der Waals surface area (Å²) in [5.74, 6) is 0.0849. The number of piperidine rings is 1. The summed E-state index contributed by atoms with van der Waals surface area (Å²) in [7, 11) is 0. The maximum absolute atomic E-state index is 12.0. The van der Waals surface area contributed by atoms with Gasteiger partial charge in [0, 0.05) is 13.1 Å². The summed E-state index contributed by atoms with van der Waals surface area (Å²) in [5, 5.41) is 12.9. The topological polar surface area (TPSA) is 52.6 Å². The van der Waals surface area contributed by atoms with Gasteiger partial charge in [0.25, 0.3) is 5.91 Å². The quantitative estimate of drug-likeness (QED) is 0.842. The largest absolute Gasteiger partial charge is 0.378 e. The highest BCUT2D eigenvalue weighted by Gasteiger charge is 2.18. The molecule has 1 aliphatic rings. The van der Waals surface area contributed by atoms with Gasteiger partial charge >= 0.3 is 0 Å². The SMILES string of the molecule is CC(CNC(=O)C(O)c1ccccc1)CN1CCCCC1. The second kappa shape index (κ2) is 8.15. The predicted molar refractivity (Wildman–Crippen MR) is 83.9 cm³/mol. The molecule has 0 aliphatic carbocycles. The van der Waals surface area contributed by atoms with Gasteiger partial charge in [0.05, 0.1) is 0 Å². The van der Waals surface area contributed by atoms with Crippen LogP contribution in [0.15, 0.2) is 30.3 Å². The van der Waals surface area contributed by atoms with Gasteiger partial charge in [-0.05, 0) is 37.4 Å². The average Bonchev–Trinajstić information content (AvgIpc) is 2.53. The Morgan fingerprint density at radius 2 is 1.90 bits per heavy atom. The minimum atomic E-state index is -1.08. The van der Waals surface area contributed by atoms with Crippen LogP contribution in [0.4, 0.5) is 0 Å². The van der Waals surface area contributed by atoms with Crippen LogP contribution in [0.1, 0.15) is 37.9 Å². The fourth-order valence-corrected chi connectivity index (χ4v) is 2.81. The van der Waals surface area contributed by atoms with Crippen LogP contribution in [0.2, 0.25) is 0 Å². The number of likely N-dealkylation sites (tertiary alicyclic amines) is 1. The number of amides is 1. The highest BCUT2D eigenvalue weighted by atomic mass is 16.3. The number of aliphatic hydroxyl groups excluding tert-OH is 1. The fourth-order valence-electron chi connectivity index (χ4n) is 2.81. The van der Waals surface area contributed by atoms with E-state index in [1.54, 1.807) is 12.1 Å². The van der Waals surface area contributed by atoms with E-state index < -0.39 is 6.10 Å². The Balaban J connectivity index is 1.72. The number of carbonyl (C=O) groups excluding carboxylic acids is 1. The third-order valence-corrected chi connectivity index (χ3v) is 4.01. The van der Waals surface area contributed by atoms with Crippen LogP contribution in [0.3, 0.4) is 0 Å². The molecule has 1 heterocycles. The summed E-state index contributed by atoms with van der Waals surface area (Å²) >= 11 is 0. The lowest BCUT2D eigenvalue weighted by Crippen LogP contribution is -2.39. The predicted octanol–water partition coefficient (Wildman–Crippen LogP) is 1.96. The van der Waals surface area contributed by atoms with Gasteiger partial charge in [-0.2, -0.15) is 0 Å². The van der Waals surface area contributed by atoms with Crippen LogP contribution in [0.25, 0.3) is 0 Å². The van der Waals surface area contributed by atoms with E-state index in [-0.39, 0.29) is 5.91 Å². The highest BCUT2D eigenvalue weighted by Crippen LogP contribution is 2.13. The third kappa shape index (κ3) is 5.14. The molecule has 0 saturated carbocycles. The molecule has 0 spiro atoms. The number of hydrogen-bond acceptors (Lipinski definition) is 3. The lowest BCUT2D eigenvalue weighted by atomic mass is 10.1. The Morgan fingerprint density at radius 3 is 2.57 bits per heavy atom. The number of nitrogens with one attached hydrogen (secondary N) is 1. The molecule has 0 aromatic heterocycles. The second-order valence-corrected chi connectivity index (χ2v) is 6.02. The third-order valence-electron chi connectivity index (χ3n) is 4.01. The van der Waals surface area contributed by atoms with Crippen LogP contribution in [0.5, 0.6) is 0 Å². The molecule has 1 fully saturated rings. The first-order valence-electron chi connectivity index (χ1n) is 7.90. The molecule has 1 aliphatic heterocycles. The average molecular weight is 290 g/mol. The molecule has 1 aromatic carbocycles. The lowest BCUT2D eigenvalue weighted by molar-refractivity contribution is -0.129. The first kappa shape index (κ1) is 16.0. The van der Waals surface area contributed by atoms with Crippen molar-refractivity contribution in [2.75, 3.05) is 26.2 Å². The van der Waals surface area contributed by atoms with E-state index in [4.69, 9.17) is 0 Å². The summed E-state index contributed by atoms with van der Waals surface area (Å²) < 4.78 is 0. The van der Waals surface area contributed by atoms with Gasteiger partial charge in [-0.15, -0.1) is 0 Å². The number of hydrogen-bond donors (Lipinski definition) is 2. The molecule has 116 valence electrons. The second-order valence-electron chi connectivity index (χ2n) is 6.02. The van der Waals surface area contributed by atoms with Gasteiger partial charge in [-0.3, -0.25) is 4.79 Å². The monoisotopic (exact) mass is 290 g/mol. The van der Waals surface area contributed by atoms with Crippen LogP contribution >= 0.6 is 0 Å². The van der Waals surface area contributed by atoms with E-state index in [2.05, 4.69) is 17.1 Å². The van der Waals surface area contributed by atoms with Gasteiger partial charge in [0.2, 0.25) is 0 Å². The first-order chi connectivity index (χ1) is 10.2. The number of carbonyl (C=O) groups is 1. The van der Waals surface area contributed by atoms with Crippen molar-refractivity contribution in [3.8, 4) is 0 Å². The van der Waals surface area contributed by atoms with Crippen molar-refractivity contribution in [3.63, 3.8) is 0 Å². The van der Waals surface area contributed by atoms with Crippen molar-refractivity contribution in [3.05, 3.63) is 35.9 Å². The minimum Gasteiger partial charge on any atom is -0.378 e. The molecule has 1 aromatic rings. The number of benzene rings is 1. The van der Waals surface area contributed by atoms with Gasteiger partial charge in [0.15, 0.2) is 6.10 Å². The van der Waals surface area contributed by atoms with Crippen molar-refractivity contribution in [2.24, 2.45) is 5.92 Å². The summed E-state index contributed by atoms with van der Waals surface area (Å²) in [6.07, 6.45) is 2.83. The Bertz CT molecular complexity index is 430. The maximum atomic E-state index is 12.0. The number of rotatable bonds is 6. The summed E-state index contributed by atoms with van der Waals surface area (Å²) in [5.41, 5.74) is 0.638. The standard InChI is InChI=1S/C17H26N2O2/c1-14(13-19-10-6-3-7-11-19)12-18-17(21)16(20)15-8-4-2-5-9-15/h2,4-5,8-9,14,16,20H,3,6-7,10-13H2,1H3,(H,18,21). The van der Waals surface area contributed by atoms with Crippen molar-refractivity contribution in [2.45, 2.75) is 32.3 Å². The molecule has 4 heteroatoms. The molecule has 0 radical (unpaired) electrons. The normalized spacial score (nSPS) is 19.0. The molecule has 1 amide bonds. The zero-order valence-electron chi connectivity index (χ0n) is 12.8. The zero-order chi connectivity index (χ0) is 15.1. The Kier molecular flexibility index (Phi) is 6.21. The Hall–Kier alpha value is -1.39. The zero-order valence-corrected chi connectivity index (χ0v) is 12.8. The van der Waals surface area contributed by atoms with Crippen molar-refractivity contribution >= 4 is 5.91 Å². The van der Waals surface area contributed by atoms with Crippen LogP contribution in [0, 0.1) is 5.92 Å². The van der Waals surface area contributed by atoms with Gasteiger partial charge in [-0.25, -0.2) is 0 Å². The van der Waals surface area contributed by atoms with Crippen LogP contribution in [-0.4, -0.2) is 42.1 Å². The fraction of sp³-hybridized carbons (Fsp3) is 0.588. The van der Waals surface area contributed by atoms with Gasteiger partial charge in [0.1, 0.15) is 0 Å². The summed E-state index contributed by atoms with van der Waals surface area (Å²) in [6.45, 7) is 6.11. The van der Waals surface area contributed by atoms with E-state index >= 15 is 0 Å². The van der Waals surface area contributed by atoms with E-state index in [1.807, 2.05) is 18.2 Å². The minimum absolute atomic E-state index is 0.313. The maximum Gasteiger partial charge on any atom is 0.253 e. The van der Waals surface area contributed by atoms with Crippen LogP contribution < -0.4 is 5.32 Å². The van der Waals surface area contributed by atoms with E-state index in [0.29, 0.717) is 18.0 Å². The number of nitrogens with zero attached hydrogens (tertiary/aromatic N) is 1. The van der Waals surface area contributed by atoms with Crippen molar-refractivity contribution in [1.82, 2.24) is 10.2 Å². The highest BCUT2D eigenvalue weighted by molar-refractivity contribution is 5.81. The van der Waals surface area contributed by atoms with Crippen molar-refractivity contribution in [1.29, 1.82) is 0 Å². The molecule has 2 rings (SSSR count). The Morgan fingerprint density at radius 1 is 1.24 bits per heavy atom. The number of aliphatic hydroxyl groups is 1. The molecule has 4 nitrogen and oxygen atoms in total. The van der Waals surface area contributed by atoms with Crippen LogP contribution in [-0.2, 0) is 4.79 Å². The molecule has 2 unspecified atom stereocenters. The molecular weight excluding hydrogens is 264 g/mol. The molecule has 21 heavy (non-hydrogen) atoms.